The molecule has 1 aliphatic heterocycles. The summed E-state index contributed by atoms with van der Waals surface area (Å²) in [6.07, 6.45) is 2.56. The third-order valence-corrected chi connectivity index (χ3v) is 5.93. The lowest BCUT2D eigenvalue weighted by Gasteiger charge is -2.26. The van der Waals surface area contributed by atoms with Gasteiger partial charge >= 0.3 is 0 Å². The summed E-state index contributed by atoms with van der Waals surface area (Å²) >= 11 is 4.89. The highest BCUT2D eigenvalue weighted by Crippen LogP contribution is 2.38. The maximum absolute atomic E-state index is 9.60. The minimum absolute atomic E-state index is 0.665. The molecule has 1 aliphatic rings. The zero-order valence-corrected chi connectivity index (χ0v) is 16.4. The number of nitriles is 1. The van der Waals surface area contributed by atoms with Crippen molar-refractivity contribution >= 4 is 38.5 Å². The number of rotatable bonds is 4. The van der Waals surface area contributed by atoms with Crippen LogP contribution < -0.4 is 0 Å². The van der Waals surface area contributed by atoms with Crippen molar-refractivity contribution in [2.75, 3.05) is 6.54 Å². The van der Waals surface area contributed by atoms with Crippen LogP contribution in [0.15, 0.2) is 56.5 Å². The van der Waals surface area contributed by atoms with Crippen molar-refractivity contribution in [2.45, 2.75) is 19.5 Å². The molecule has 4 nitrogen and oxygen atoms in total. The topological polar surface area (TPSA) is 52.5 Å². The van der Waals surface area contributed by atoms with Crippen molar-refractivity contribution in [3.63, 3.8) is 0 Å². The lowest BCUT2D eigenvalue weighted by atomic mass is 10.0. The molecule has 0 aliphatic carbocycles. The van der Waals surface area contributed by atoms with E-state index in [4.69, 9.17) is 4.42 Å². The maximum atomic E-state index is 9.60. The van der Waals surface area contributed by atoms with E-state index in [9.17, 15) is 5.26 Å². The summed E-state index contributed by atoms with van der Waals surface area (Å²) in [7, 11) is 0. The van der Waals surface area contributed by atoms with E-state index >= 15 is 0 Å². The average molecular weight is 426 g/mol. The molecule has 0 fully saturated rings. The predicted octanol–water partition coefficient (Wildman–Crippen LogP) is 5.28. The van der Waals surface area contributed by atoms with E-state index in [1.54, 1.807) is 17.6 Å². The van der Waals surface area contributed by atoms with Crippen LogP contribution in [0, 0.1) is 11.3 Å². The molecule has 0 saturated carbocycles. The first kappa shape index (κ1) is 17.2. The highest BCUT2D eigenvalue weighted by atomic mass is 79.9. The predicted molar refractivity (Wildman–Crippen MR) is 107 cm³/mol. The van der Waals surface area contributed by atoms with Gasteiger partial charge in [0.25, 0.3) is 0 Å². The zero-order chi connectivity index (χ0) is 17.9. The van der Waals surface area contributed by atoms with Crippen molar-refractivity contribution in [2.24, 2.45) is 4.99 Å². The smallest absolute Gasteiger partial charge is 0.169 e. The fraction of sp³-hybridized carbons (Fsp3) is 0.200. The lowest BCUT2D eigenvalue weighted by Crippen LogP contribution is -2.29. The van der Waals surface area contributed by atoms with E-state index in [1.807, 2.05) is 18.2 Å². The highest BCUT2D eigenvalue weighted by molar-refractivity contribution is 9.10. The number of thiophene rings is 1. The first-order valence-corrected chi connectivity index (χ1v) is 9.94. The molecule has 6 heteroatoms. The summed E-state index contributed by atoms with van der Waals surface area (Å²) in [5.74, 6) is 0.665. The van der Waals surface area contributed by atoms with Gasteiger partial charge in [0.05, 0.1) is 11.8 Å². The Kier molecular flexibility index (Phi) is 5.02. The van der Waals surface area contributed by atoms with Gasteiger partial charge in [-0.1, -0.05) is 30.3 Å². The number of nitrogens with zero attached hydrogens (tertiary/aromatic N) is 3. The molecule has 0 saturated heterocycles. The average Bonchev–Trinajstić information content (AvgIpc) is 3.23. The SMILES string of the molecule is N#Cc1c(N=Cc2ccc(Br)o2)sc2c1CCN(Cc1ccccc1)C2. The minimum Gasteiger partial charge on any atom is -0.448 e. The van der Waals surface area contributed by atoms with Crippen LogP contribution in [0.25, 0.3) is 0 Å². The maximum Gasteiger partial charge on any atom is 0.169 e. The summed E-state index contributed by atoms with van der Waals surface area (Å²) in [4.78, 5) is 8.18. The van der Waals surface area contributed by atoms with Gasteiger partial charge in [0.15, 0.2) is 4.67 Å². The Labute approximate surface area is 164 Å². The Morgan fingerprint density at radius 2 is 2.12 bits per heavy atom. The number of aliphatic imine (C=N–C) groups is 1. The molecule has 130 valence electrons. The second-order valence-corrected chi connectivity index (χ2v) is 8.01. The van der Waals surface area contributed by atoms with Crippen molar-refractivity contribution < 1.29 is 4.42 Å². The Balaban J connectivity index is 1.55. The van der Waals surface area contributed by atoms with E-state index in [0.29, 0.717) is 16.0 Å². The second-order valence-electron chi connectivity index (χ2n) is 6.14. The number of fused-ring (bicyclic) bond motifs is 1. The van der Waals surface area contributed by atoms with Crippen molar-refractivity contribution in [1.82, 2.24) is 4.90 Å². The Morgan fingerprint density at radius 1 is 1.27 bits per heavy atom. The molecule has 26 heavy (non-hydrogen) atoms. The summed E-state index contributed by atoms with van der Waals surface area (Å²) in [5.41, 5.74) is 3.19. The number of hydrogen-bond acceptors (Lipinski definition) is 5. The Morgan fingerprint density at radius 3 is 2.85 bits per heavy atom. The number of furan rings is 1. The first-order chi connectivity index (χ1) is 12.7. The molecular weight excluding hydrogens is 410 g/mol. The molecule has 1 aromatic carbocycles. The molecule has 0 radical (unpaired) electrons. The van der Waals surface area contributed by atoms with Gasteiger partial charge in [0, 0.05) is 24.5 Å². The first-order valence-electron chi connectivity index (χ1n) is 8.33. The standard InChI is InChI=1S/C20H16BrN3OS/c21-19-7-6-15(25-19)11-23-20-17(10-22)16-8-9-24(13-18(16)26-20)12-14-4-2-1-3-5-14/h1-7,11H,8-9,12-13H2. The molecule has 0 spiro atoms. The van der Waals surface area contributed by atoms with Crippen molar-refractivity contribution in [3.8, 4) is 6.07 Å². The summed E-state index contributed by atoms with van der Waals surface area (Å²) in [6, 6.07) is 16.5. The lowest BCUT2D eigenvalue weighted by molar-refractivity contribution is 0.249. The van der Waals surface area contributed by atoms with Gasteiger partial charge in [-0.2, -0.15) is 5.26 Å². The van der Waals surface area contributed by atoms with E-state index in [0.717, 1.165) is 36.6 Å². The monoisotopic (exact) mass is 425 g/mol. The van der Waals surface area contributed by atoms with Crippen LogP contribution in [0.5, 0.6) is 0 Å². The van der Waals surface area contributed by atoms with Crippen LogP contribution in [0.1, 0.15) is 27.3 Å². The van der Waals surface area contributed by atoms with Gasteiger partial charge in [-0.25, -0.2) is 4.99 Å². The fourth-order valence-corrected chi connectivity index (χ4v) is 4.65. The van der Waals surface area contributed by atoms with Crippen LogP contribution >= 0.6 is 27.3 Å². The van der Waals surface area contributed by atoms with Crippen LogP contribution in [0.4, 0.5) is 5.00 Å². The van der Waals surface area contributed by atoms with Crippen LogP contribution in [0.2, 0.25) is 0 Å². The molecule has 2 aromatic heterocycles. The van der Waals surface area contributed by atoms with Gasteiger partial charge in [0.2, 0.25) is 0 Å². The third kappa shape index (κ3) is 3.65. The largest absolute Gasteiger partial charge is 0.448 e. The minimum atomic E-state index is 0.665. The molecular formula is C20H16BrN3OS. The number of benzene rings is 1. The summed E-state index contributed by atoms with van der Waals surface area (Å²) in [5, 5.41) is 10.4. The van der Waals surface area contributed by atoms with Gasteiger partial charge in [0.1, 0.15) is 16.8 Å². The molecule has 0 N–H and O–H groups in total. The van der Waals surface area contributed by atoms with Crippen molar-refractivity contribution in [1.29, 1.82) is 5.26 Å². The normalized spacial score (nSPS) is 14.5. The van der Waals surface area contributed by atoms with Crippen molar-refractivity contribution in [3.05, 3.63) is 74.5 Å². The van der Waals surface area contributed by atoms with Gasteiger partial charge < -0.3 is 4.42 Å². The summed E-state index contributed by atoms with van der Waals surface area (Å²) < 4.78 is 6.11. The van der Waals surface area contributed by atoms with Gasteiger partial charge in [-0.3, -0.25) is 4.90 Å². The molecule has 0 atom stereocenters. The highest BCUT2D eigenvalue weighted by Gasteiger charge is 2.24. The molecule has 0 amide bonds. The molecule has 4 rings (SSSR count). The molecule has 0 unspecified atom stereocenters. The Bertz CT molecular complexity index is 984. The number of halogens is 1. The van der Waals surface area contributed by atoms with Gasteiger partial charge in [-0.15, -0.1) is 11.3 Å². The third-order valence-electron chi connectivity index (χ3n) is 4.38. The van der Waals surface area contributed by atoms with Crippen LogP contribution in [-0.2, 0) is 19.5 Å². The fourth-order valence-electron chi connectivity index (χ4n) is 3.14. The second kappa shape index (κ2) is 7.58. The Hall–Kier alpha value is -2.20. The van der Waals surface area contributed by atoms with E-state index < -0.39 is 0 Å². The van der Waals surface area contributed by atoms with E-state index in [2.05, 4.69) is 56.2 Å². The van der Waals surface area contributed by atoms with E-state index in [1.165, 1.54) is 10.4 Å². The zero-order valence-electron chi connectivity index (χ0n) is 14.0. The van der Waals surface area contributed by atoms with E-state index in [-0.39, 0.29) is 0 Å². The molecule has 3 heterocycles. The van der Waals surface area contributed by atoms with Gasteiger partial charge in [-0.05, 0) is 45.6 Å². The molecule has 3 aromatic rings. The quantitative estimate of drug-likeness (QED) is 0.533. The van der Waals surface area contributed by atoms with Crippen LogP contribution in [-0.4, -0.2) is 17.7 Å². The number of hydrogen-bond donors (Lipinski definition) is 0. The molecule has 0 bridgehead atoms. The van der Waals surface area contributed by atoms with Crippen LogP contribution in [0.3, 0.4) is 0 Å². The summed E-state index contributed by atoms with van der Waals surface area (Å²) in [6.45, 7) is 2.76.